The first kappa shape index (κ1) is 21.8. The van der Waals surface area contributed by atoms with Crippen molar-refractivity contribution in [3.8, 4) is 22.9 Å². The minimum absolute atomic E-state index is 0.203. The number of hydrogen-bond donors (Lipinski definition) is 1. The van der Waals surface area contributed by atoms with E-state index < -0.39 is 0 Å². The number of nitrogens with zero attached hydrogens (tertiary/aromatic N) is 3. The molecule has 0 aliphatic carbocycles. The fourth-order valence-electron chi connectivity index (χ4n) is 3.25. The van der Waals surface area contributed by atoms with Crippen molar-refractivity contribution in [2.75, 3.05) is 19.8 Å². The van der Waals surface area contributed by atoms with Crippen LogP contribution in [0.4, 0.5) is 4.39 Å². The number of hydrogen-bond acceptors (Lipinski definition) is 6. The highest BCUT2D eigenvalue weighted by Gasteiger charge is 2.15. The van der Waals surface area contributed by atoms with Crippen LogP contribution in [0.5, 0.6) is 11.5 Å². The Morgan fingerprint density at radius 1 is 1.12 bits per heavy atom. The summed E-state index contributed by atoms with van der Waals surface area (Å²) in [6.07, 6.45) is 0.557. The lowest BCUT2D eigenvalue weighted by molar-refractivity contribution is 0.0953. The molecule has 4 aromatic rings. The van der Waals surface area contributed by atoms with Gasteiger partial charge in [-0.2, -0.15) is 4.98 Å². The first-order valence-electron chi connectivity index (χ1n) is 10.4. The van der Waals surface area contributed by atoms with Crippen molar-refractivity contribution in [1.29, 1.82) is 0 Å². The molecule has 32 heavy (non-hydrogen) atoms. The maximum Gasteiger partial charge on any atom is 0.251 e. The lowest BCUT2D eigenvalue weighted by Crippen LogP contribution is -2.26. The van der Waals surface area contributed by atoms with E-state index in [2.05, 4.69) is 15.4 Å². The summed E-state index contributed by atoms with van der Waals surface area (Å²) in [5.41, 5.74) is 1.75. The quantitative estimate of drug-likeness (QED) is 0.406. The van der Waals surface area contributed by atoms with Crippen molar-refractivity contribution < 1.29 is 18.7 Å². The SMILES string of the molecule is CCOc1ccc(C(=O)NCCc2csc3nc(-c4ccccc4F)nn23)cc1OCC. The third-order valence-corrected chi connectivity index (χ3v) is 5.60. The van der Waals surface area contributed by atoms with Gasteiger partial charge in [-0.05, 0) is 44.2 Å². The molecule has 0 aliphatic heterocycles. The first-order chi connectivity index (χ1) is 15.6. The summed E-state index contributed by atoms with van der Waals surface area (Å²) in [4.78, 5) is 17.7. The fourth-order valence-corrected chi connectivity index (χ4v) is 4.11. The standard InChI is InChI=1S/C23H23FN4O3S/c1-3-30-19-10-9-15(13-20(19)31-4-2)22(29)25-12-11-16-14-32-23-26-21(27-28(16)23)17-7-5-6-8-18(17)24/h5-10,13-14H,3-4,11-12H2,1-2H3,(H,25,29). The number of halogens is 1. The molecule has 0 spiro atoms. The van der Waals surface area contributed by atoms with Gasteiger partial charge in [-0.3, -0.25) is 4.79 Å². The summed E-state index contributed by atoms with van der Waals surface area (Å²) in [7, 11) is 0. The van der Waals surface area contributed by atoms with E-state index >= 15 is 0 Å². The van der Waals surface area contributed by atoms with Crippen molar-refractivity contribution >= 4 is 22.2 Å². The third-order valence-electron chi connectivity index (χ3n) is 4.74. The smallest absolute Gasteiger partial charge is 0.251 e. The maximum atomic E-state index is 14.1. The van der Waals surface area contributed by atoms with Crippen LogP contribution >= 0.6 is 11.3 Å². The van der Waals surface area contributed by atoms with Crippen LogP contribution in [0.15, 0.2) is 47.8 Å². The Balaban J connectivity index is 1.43. The van der Waals surface area contributed by atoms with E-state index in [1.807, 2.05) is 19.2 Å². The van der Waals surface area contributed by atoms with Gasteiger partial charge in [-0.15, -0.1) is 16.4 Å². The van der Waals surface area contributed by atoms with Crippen molar-refractivity contribution in [1.82, 2.24) is 19.9 Å². The molecule has 0 fully saturated rings. The topological polar surface area (TPSA) is 77.8 Å². The van der Waals surface area contributed by atoms with Crippen molar-refractivity contribution in [2.45, 2.75) is 20.3 Å². The average Bonchev–Trinajstić information content (AvgIpc) is 3.37. The normalized spacial score (nSPS) is 11.0. The highest BCUT2D eigenvalue weighted by molar-refractivity contribution is 7.15. The molecule has 2 heterocycles. The number of amides is 1. The second kappa shape index (κ2) is 9.78. The molecule has 1 amide bonds. The van der Waals surface area contributed by atoms with Crippen LogP contribution in [0.25, 0.3) is 16.3 Å². The third kappa shape index (κ3) is 4.57. The van der Waals surface area contributed by atoms with Crippen LogP contribution in [0.1, 0.15) is 29.9 Å². The Hall–Kier alpha value is -3.46. The number of aromatic nitrogens is 3. The Bertz CT molecular complexity index is 1240. The monoisotopic (exact) mass is 454 g/mol. The Labute approximate surface area is 188 Å². The maximum absolute atomic E-state index is 14.1. The number of nitrogens with one attached hydrogen (secondary N) is 1. The van der Waals surface area contributed by atoms with Crippen molar-refractivity contribution in [2.24, 2.45) is 0 Å². The zero-order valence-electron chi connectivity index (χ0n) is 17.8. The summed E-state index contributed by atoms with van der Waals surface area (Å²) >= 11 is 1.43. The molecule has 0 saturated carbocycles. The molecule has 0 saturated heterocycles. The van der Waals surface area contributed by atoms with Crippen LogP contribution in [0.3, 0.4) is 0 Å². The molecule has 0 unspecified atom stereocenters. The molecule has 1 N–H and O–H groups in total. The molecule has 2 aromatic carbocycles. The molecule has 166 valence electrons. The van der Waals surface area contributed by atoms with Crippen LogP contribution in [0, 0.1) is 5.82 Å². The van der Waals surface area contributed by atoms with Gasteiger partial charge < -0.3 is 14.8 Å². The number of fused-ring (bicyclic) bond motifs is 1. The highest BCUT2D eigenvalue weighted by Crippen LogP contribution is 2.28. The lowest BCUT2D eigenvalue weighted by Gasteiger charge is -2.12. The number of benzene rings is 2. The van der Waals surface area contributed by atoms with Gasteiger partial charge in [0.05, 0.1) is 24.5 Å². The number of rotatable bonds is 9. The van der Waals surface area contributed by atoms with Crippen molar-refractivity contribution in [3.05, 3.63) is 64.9 Å². The molecular weight excluding hydrogens is 431 g/mol. The lowest BCUT2D eigenvalue weighted by atomic mass is 10.2. The van der Waals surface area contributed by atoms with Gasteiger partial charge in [-0.1, -0.05) is 12.1 Å². The van der Waals surface area contributed by atoms with Gasteiger partial charge >= 0.3 is 0 Å². The van der Waals surface area contributed by atoms with Crippen LogP contribution in [-0.4, -0.2) is 40.3 Å². The van der Waals surface area contributed by atoms with E-state index in [0.29, 0.717) is 59.6 Å². The Kier molecular flexibility index (Phi) is 6.65. The summed E-state index contributed by atoms with van der Waals surface area (Å²) < 4.78 is 26.9. The second-order valence-electron chi connectivity index (χ2n) is 6.87. The Morgan fingerprint density at radius 3 is 2.69 bits per heavy atom. The predicted molar refractivity (Wildman–Crippen MR) is 121 cm³/mol. The molecule has 0 atom stereocenters. The van der Waals surface area contributed by atoms with Crippen molar-refractivity contribution in [3.63, 3.8) is 0 Å². The largest absolute Gasteiger partial charge is 0.490 e. The first-order valence-corrected chi connectivity index (χ1v) is 11.2. The van der Waals surface area contributed by atoms with Crippen LogP contribution in [0.2, 0.25) is 0 Å². The van der Waals surface area contributed by atoms with Gasteiger partial charge in [-0.25, -0.2) is 8.91 Å². The van der Waals surface area contributed by atoms with E-state index in [4.69, 9.17) is 9.47 Å². The number of thiazole rings is 1. The van der Waals surface area contributed by atoms with Gasteiger partial charge in [0.2, 0.25) is 4.96 Å². The highest BCUT2D eigenvalue weighted by atomic mass is 32.1. The average molecular weight is 455 g/mol. The van der Waals surface area contributed by atoms with Crippen LogP contribution < -0.4 is 14.8 Å². The van der Waals surface area contributed by atoms with Gasteiger partial charge in [0.15, 0.2) is 17.3 Å². The number of carbonyl (C=O) groups is 1. The van der Waals surface area contributed by atoms with E-state index in [-0.39, 0.29) is 11.7 Å². The van der Waals surface area contributed by atoms with Crippen LogP contribution in [-0.2, 0) is 6.42 Å². The molecule has 0 bridgehead atoms. The fraction of sp³-hybridized carbons (Fsp3) is 0.261. The van der Waals surface area contributed by atoms with E-state index in [9.17, 15) is 9.18 Å². The summed E-state index contributed by atoms with van der Waals surface area (Å²) in [5, 5.41) is 9.31. The van der Waals surface area contributed by atoms with Gasteiger partial charge in [0, 0.05) is 23.9 Å². The molecular formula is C23H23FN4O3S. The molecule has 0 aliphatic rings. The molecule has 9 heteroatoms. The second-order valence-corrected chi connectivity index (χ2v) is 7.71. The summed E-state index contributed by atoms with van der Waals surface area (Å²) in [5.74, 6) is 0.943. The van der Waals surface area contributed by atoms with Gasteiger partial charge in [0.1, 0.15) is 5.82 Å². The summed E-state index contributed by atoms with van der Waals surface area (Å²) in [6, 6.07) is 11.6. The molecule has 0 radical (unpaired) electrons. The zero-order chi connectivity index (χ0) is 22.5. The molecule has 2 aromatic heterocycles. The number of carbonyl (C=O) groups excluding carboxylic acids is 1. The zero-order valence-corrected chi connectivity index (χ0v) is 18.6. The summed E-state index contributed by atoms with van der Waals surface area (Å²) in [6.45, 7) is 5.18. The predicted octanol–water partition coefficient (Wildman–Crippen LogP) is 4.37. The van der Waals surface area contributed by atoms with E-state index in [0.717, 1.165) is 5.69 Å². The minimum atomic E-state index is -0.360. The molecule has 4 rings (SSSR count). The van der Waals surface area contributed by atoms with E-state index in [1.165, 1.54) is 17.4 Å². The van der Waals surface area contributed by atoms with E-state index in [1.54, 1.807) is 40.9 Å². The molecule has 7 nitrogen and oxygen atoms in total. The Morgan fingerprint density at radius 2 is 1.91 bits per heavy atom. The van der Waals surface area contributed by atoms with Gasteiger partial charge in [0.25, 0.3) is 5.91 Å². The number of ether oxygens (including phenoxy) is 2. The minimum Gasteiger partial charge on any atom is -0.490 e.